The Bertz CT molecular complexity index is 701. The molecule has 1 aromatic carbocycles. The zero-order valence-electron chi connectivity index (χ0n) is 10.2. The van der Waals surface area contributed by atoms with E-state index in [4.69, 9.17) is 4.74 Å². The molecular weight excluding hydrogens is 248 g/mol. The molecule has 0 bridgehead atoms. The van der Waals surface area contributed by atoms with E-state index in [2.05, 4.69) is 4.98 Å². The van der Waals surface area contributed by atoms with E-state index < -0.39 is 17.2 Å². The first-order chi connectivity index (χ1) is 9.13. The number of esters is 1. The second-order valence-electron chi connectivity index (χ2n) is 3.74. The SMILES string of the molecule is CCOC(=O)c1c(-c2ccccc2)[nH]c(=O)[nH]c1=O. The molecule has 2 N–H and O–H groups in total. The second kappa shape index (κ2) is 5.34. The molecule has 0 spiro atoms. The number of carbonyl (C=O) groups is 1. The molecule has 0 aliphatic heterocycles. The molecule has 0 unspecified atom stereocenters. The van der Waals surface area contributed by atoms with Crippen molar-refractivity contribution in [1.29, 1.82) is 0 Å². The van der Waals surface area contributed by atoms with Crippen LogP contribution in [0.2, 0.25) is 0 Å². The lowest BCUT2D eigenvalue weighted by Crippen LogP contribution is -2.30. The minimum absolute atomic E-state index is 0.144. The number of H-pyrrole nitrogens is 2. The summed E-state index contributed by atoms with van der Waals surface area (Å²) in [6.07, 6.45) is 0. The number of nitrogens with one attached hydrogen (secondary N) is 2. The average molecular weight is 260 g/mol. The van der Waals surface area contributed by atoms with Crippen LogP contribution in [0.3, 0.4) is 0 Å². The van der Waals surface area contributed by atoms with Crippen LogP contribution in [0.15, 0.2) is 39.9 Å². The molecule has 0 radical (unpaired) electrons. The summed E-state index contributed by atoms with van der Waals surface area (Å²) < 4.78 is 4.83. The molecule has 6 heteroatoms. The predicted octanol–water partition coefficient (Wildman–Crippen LogP) is 0.907. The molecule has 0 saturated carbocycles. The zero-order chi connectivity index (χ0) is 13.8. The topological polar surface area (TPSA) is 92.0 Å². The molecule has 19 heavy (non-hydrogen) atoms. The van der Waals surface area contributed by atoms with E-state index in [1.807, 2.05) is 4.98 Å². The van der Waals surface area contributed by atoms with Gasteiger partial charge in [0.1, 0.15) is 5.56 Å². The minimum Gasteiger partial charge on any atom is -0.462 e. The van der Waals surface area contributed by atoms with E-state index in [0.29, 0.717) is 5.56 Å². The van der Waals surface area contributed by atoms with Gasteiger partial charge in [-0.05, 0) is 12.5 Å². The summed E-state index contributed by atoms with van der Waals surface area (Å²) in [5.41, 5.74) is -0.910. The van der Waals surface area contributed by atoms with Gasteiger partial charge in [-0.2, -0.15) is 0 Å². The molecule has 1 heterocycles. The summed E-state index contributed by atoms with van der Waals surface area (Å²) in [4.78, 5) is 39.4. The van der Waals surface area contributed by atoms with Crippen LogP contribution < -0.4 is 11.2 Å². The molecular formula is C13H12N2O4. The number of hydrogen-bond acceptors (Lipinski definition) is 4. The van der Waals surface area contributed by atoms with E-state index >= 15 is 0 Å². The highest BCUT2D eigenvalue weighted by molar-refractivity contribution is 5.95. The van der Waals surface area contributed by atoms with Gasteiger partial charge in [0.15, 0.2) is 0 Å². The van der Waals surface area contributed by atoms with Crippen LogP contribution in [0.25, 0.3) is 11.3 Å². The standard InChI is InChI=1S/C13H12N2O4/c1-2-19-12(17)9-10(8-6-4-3-5-7-8)14-13(18)15-11(9)16/h3-7H,2H2,1H3,(H2,14,15,16,18). The Balaban J connectivity index is 2.69. The maximum atomic E-state index is 11.8. The fraction of sp³-hybridized carbons (Fsp3) is 0.154. The lowest BCUT2D eigenvalue weighted by molar-refractivity contribution is 0.0524. The van der Waals surface area contributed by atoms with Crippen molar-refractivity contribution in [2.75, 3.05) is 6.61 Å². The molecule has 0 amide bonds. The predicted molar refractivity (Wildman–Crippen MR) is 69.1 cm³/mol. The van der Waals surface area contributed by atoms with Crippen LogP contribution in [0.5, 0.6) is 0 Å². The molecule has 98 valence electrons. The number of benzene rings is 1. The normalized spacial score (nSPS) is 10.2. The Morgan fingerprint density at radius 3 is 2.47 bits per heavy atom. The van der Waals surface area contributed by atoms with Gasteiger partial charge >= 0.3 is 11.7 Å². The number of hydrogen-bond donors (Lipinski definition) is 2. The molecule has 0 fully saturated rings. The van der Waals surface area contributed by atoms with Gasteiger partial charge in [-0.3, -0.25) is 9.78 Å². The number of carbonyl (C=O) groups excluding carboxylic acids is 1. The van der Waals surface area contributed by atoms with Gasteiger partial charge in [0.05, 0.1) is 12.3 Å². The van der Waals surface area contributed by atoms with E-state index in [1.54, 1.807) is 37.3 Å². The van der Waals surface area contributed by atoms with Crippen molar-refractivity contribution in [3.8, 4) is 11.3 Å². The Hall–Kier alpha value is -2.63. The highest BCUT2D eigenvalue weighted by Crippen LogP contribution is 2.17. The smallest absolute Gasteiger partial charge is 0.345 e. The van der Waals surface area contributed by atoms with Crippen LogP contribution in [0.1, 0.15) is 17.3 Å². The number of aromatic amines is 2. The maximum absolute atomic E-state index is 11.8. The van der Waals surface area contributed by atoms with E-state index in [1.165, 1.54) is 0 Å². The monoisotopic (exact) mass is 260 g/mol. The Labute approximate surface area is 108 Å². The van der Waals surface area contributed by atoms with E-state index in [-0.39, 0.29) is 17.9 Å². The summed E-state index contributed by atoms with van der Waals surface area (Å²) in [5, 5.41) is 0. The van der Waals surface area contributed by atoms with Gasteiger partial charge in [-0.1, -0.05) is 30.3 Å². The molecule has 1 aromatic heterocycles. The zero-order valence-corrected chi connectivity index (χ0v) is 10.2. The molecule has 0 aliphatic carbocycles. The highest BCUT2D eigenvalue weighted by Gasteiger charge is 2.19. The van der Waals surface area contributed by atoms with E-state index in [9.17, 15) is 14.4 Å². The fourth-order valence-corrected chi connectivity index (χ4v) is 1.71. The molecule has 2 rings (SSSR count). The first-order valence-electron chi connectivity index (χ1n) is 5.72. The van der Waals surface area contributed by atoms with Crippen molar-refractivity contribution in [3.63, 3.8) is 0 Å². The number of aromatic nitrogens is 2. The van der Waals surface area contributed by atoms with Crippen LogP contribution in [0.4, 0.5) is 0 Å². The first-order valence-corrected chi connectivity index (χ1v) is 5.72. The Morgan fingerprint density at radius 2 is 1.84 bits per heavy atom. The van der Waals surface area contributed by atoms with E-state index in [0.717, 1.165) is 0 Å². The van der Waals surface area contributed by atoms with Crippen LogP contribution in [-0.2, 0) is 4.74 Å². The average Bonchev–Trinajstić information content (AvgIpc) is 2.39. The summed E-state index contributed by atoms with van der Waals surface area (Å²) in [6.45, 7) is 1.78. The van der Waals surface area contributed by atoms with Crippen molar-refractivity contribution in [2.24, 2.45) is 0 Å². The summed E-state index contributed by atoms with van der Waals surface area (Å²) in [5.74, 6) is -0.765. The minimum atomic E-state index is -0.765. The third-order valence-corrected chi connectivity index (χ3v) is 2.48. The van der Waals surface area contributed by atoms with Gasteiger partial charge in [0, 0.05) is 0 Å². The third kappa shape index (κ3) is 2.62. The summed E-state index contributed by atoms with van der Waals surface area (Å²) in [6, 6.07) is 8.65. The highest BCUT2D eigenvalue weighted by atomic mass is 16.5. The van der Waals surface area contributed by atoms with Crippen molar-refractivity contribution >= 4 is 5.97 Å². The van der Waals surface area contributed by atoms with Crippen LogP contribution in [-0.4, -0.2) is 22.5 Å². The van der Waals surface area contributed by atoms with Crippen molar-refractivity contribution in [1.82, 2.24) is 9.97 Å². The van der Waals surface area contributed by atoms with Crippen LogP contribution >= 0.6 is 0 Å². The third-order valence-electron chi connectivity index (χ3n) is 2.48. The van der Waals surface area contributed by atoms with Gasteiger partial charge in [0.25, 0.3) is 5.56 Å². The molecule has 2 aromatic rings. The van der Waals surface area contributed by atoms with Crippen molar-refractivity contribution in [3.05, 3.63) is 56.7 Å². The summed E-state index contributed by atoms with van der Waals surface area (Å²) in [7, 11) is 0. The number of ether oxygens (including phenoxy) is 1. The van der Waals surface area contributed by atoms with Gasteiger partial charge in [-0.25, -0.2) is 9.59 Å². The fourth-order valence-electron chi connectivity index (χ4n) is 1.71. The Morgan fingerprint density at radius 1 is 1.16 bits per heavy atom. The van der Waals surface area contributed by atoms with Gasteiger partial charge in [0.2, 0.25) is 0 Å². The summed E-state index contributed by atoms with van der Waals surface area (Å²) >= 11 is 0. The molecule has 0 atom stereocenters. The molecule has 6 nitrogen and oxygen atoms in total. The quantitative estimate of drug-likeness (QED) is 0.802. The van der Waals surface area contributed by atoms with Crippen molar-refractivity contribution in [2.45, 2.75) is 6.92 Å². The number of rotatable bonds is 3. The van der Waals surface area contributed by atoms with Crippen LogP contribution in [0, 0.1) is 0 Å². The van der Waals surface area contributed by atoms with Crippen molar-refractivity contribution < 1.29 is 9.53 Å². The Kier molecular flexibility index (Phi) is 3.61. The maximum Gasteiger partial charge on any atom is 0.345 e. The lowest BCUT2D eigenvalue weighted by atomic mass is 10.1. The second-order valence-corrected chi connectivity index (χ2v) is 3.74. The lowest BCUT2D eigenvalue weighted by Gasteiger charge is -2.07. The first kappa shape index (κ1) is 12.8. The van der Waals surface area contributed by atoms with Gasteiger partial charge in [-0.15, -0.1) is 0 Å². The molecule has 0 saturated heterocycles. The molecule has 0 aliphatic rings. The largest absolute Gasteiger partial charge is 0.462 e. The van der Waals surface area contributed by atoms with Gasteiger partial charge < -0.3 is 9.72 Å².